The zero-order valence-electron chi connectivity index (χ0n) is 22.3. The highest BCUT2D eigenvalue weighted by Crippen LogP contribution is 2.28. The molecule has 8 heteroatoms. The van der Waals surface area contributed by atoms with Crippen molar-refractivity contribution in [3.8, 4) is 11.5 Å². The van der Waals surface area contributed by atoms with Crippen LogP contribution >= 0.6 is 11.3 Å². The largest absolute Gasteiger partial charge is 0.493 e. The number of hydrogen-bond donors (Lipinski definition) is 1. The normalized spacial score (nSPS) is 11.5. The van der Waals surface area contributed by atoms with Gasteiger partial charge in [0, 0.05) is 23.2 Å². The topological polar surface area (TPSA) is 71.1 Å². The highest BCUT2D eigenvalue weighted by Gasteiger charge is 2.25. The van der Waals surface area contributed by atoms with Gasteiger partial charge >= 0.3 is 6.03 Å². The summed E-state index contributed by atoms with van der Waals surface area (Å²) in [7, 11) is 3.22. The van der Waals surface area contributed by atoms with Gasteiger partial charge < -0.3 is 24.6 Å². The maximum absolute atomic E-state index is 13.6. The lowest BCUT2D eigenvalue weighted by molar-refractivity contribution is -0.132. The van der Waals surface area contributed by atoms with Crippen LogP contribution in [0.25, 0.3) is 0 Å². The molecular formula is C29H37N3O4S. The summed E-state index contributed by atoms with van der Waals surface area (Å²) in [6, 6.07) is 17.1. The van der Waals surface area contributed by atoms with E-state index >= 15 is 0 Å². The van der Waals surface area contributed by atoms with Crippen molar-refractivity contribution in [1.82, 2.24) is 9.80 Å². The first-order valence-corrected chi connectivity index (χ1v) is 13.4. The summed E-state index contributed by atoms with van der Waals surface area (Å²) < 4.78 is 10.8. The Morgan fingerprint density at radius 3 is 2.38 bits per heavy atom. The number of amides is 3. The number of ether oxygens (including phenoxy) is 2. The number of benzene rings is 2. The maximum atomic E-state index is 13.6. The van der Waals surface area contributed by atoms with Crippen LogP contribution in [0.5, 0.6) is 11.5 Å². The first-order valence-electron chi connectivity index (χ1n) is 12.5. The maximum Gasteiger partial charge on any atom is 0.322 e. The number of aryl methyl sites for hydroxylation is 1. The van der Waals surface area contributed by atoms with Crippen molar-refractivity contribution in [2.24, 2.45) is 0 Å². The van der Waals surface area contributed by atoms with Gasteiger partial charge in [-0.3, -0.25) is 4.79 Å². The molecule has 0 saturated heterocycles. The van der Waals surface area contributed by atoms with Crippen LogP contribution in [0.15, 0.2) is 60.0 Å². The van der Waals surface area contributed by atoms with E-state index in [1.807, 2.05) is 85.6 Å². The molecule has 0 fully saturated rings. The minimum Gasteiger partial charge on any atom is -0.493 e. The minimum absolute atomic E-state index is 0.00398. The number of nitrogens with zero attached hydrogens (tertiary/aromatic N) is 2. The van der Waals surface area contributed by atoms with Crippen LogP contribution in [-0.4, -0.2) is 55.1 Å². The van der Waals surface area contributed by atoms with E-state index in [1.54, 1.807) is 30.5 Å². The summed E-state index contributed by atoms with van der Waals surface area (Å²) in [6.07, 6.45) is 1.39. The quantitative estimate of drug-likeness (QED) is 0.317. The molecule has 2 aromatic carbocycles. The molecule has 0 bridgehead atoms. The molecule has 0 spiro atoms. The van der Waals surface area contributed by atoms with Gasteiger partial charge in [0.25, 0.3) is 0 Å². The van der Waals surface area contributed by atoms with Crippen LogP contribution in [0.4, 0.5) is 10.5 Å². The third kappa shape index (κ3) is 7.98. The standard InChI is InChI=1S/C29H37N3O4S/c1-6-22(3)32(29(34)30-24-12-9-21(2)10-13-24)20-28(33)31(19-25-8-7-17-37-25)16-15-23-11-14-26(35-4)27(18-23)36-5/h7-14,17-18,22H,6,15-16,19-20H2,1-5H3,(H,30,34). The molecule has 3 aromatic rings. The molecule has 198 valence electrons. The van der Waals surface area contributed by atoms with Gasteiger partial charge in [-0.1, -0.05) is 36.8 Å². The van der Waals surface area contributed by atoms with Crippen LogP contribution < -0.4 is 14.8 Å². The van der Waals surface area contributed by atoms with E-state index in [9.17, 15) is 9.59 Å². The highest BCUT2D eigenvalue weighted by atomic mass is 32.1. The van der Waals surface area contributed by atoms with Crippen molar-refractivity contribution in [2.75, 3.05) is 32.6 Å². The Balaban J connectivity index is 1.75. The SMILES string of the molecule is CCC(C)N(CC(=O)N(CCc1ccc(OC)c(OC)c1)Cc1cccs1)C(=O)Nc1ccc(C)cc1. The second-order valence-corrected chi connectivity index (χ2v) is 10.0. The van der Waals surface area contributed by atoms with Crippen molar-refractivity contribution in [1.29, 1.82) is 0 Å². The lowest BCUT2D eigenvalue weighted by Crippen LogP contribution is -2.48. The molecule has 0 aliphatic rings. The fourth-order valence-electron chi connectivity index (χ4n) is 3.91. The third-order valence-corrected chi connectivity index (χ3v) is 7.25. The summed E-state index contributed by atoms with van der Waals surface area (Å²) in [5.41, 5.74) is 2.86. The van der Waals surface area contributed by atoms with Crippen LogP contribution in [0.3, 0.4) is 0 Å². The van der Waals surface area contributed by atoms with E-state index in [-0.39, 0.29) is 24.5 Å². The first-order chi connectivity index (χ1) is 17.8. The monoisotopic (exact) mass is 523 g/mol. The smallest absolute Gasteiger partial charge is 0.322 e. The molecule has 1 heterocycles. The molecule has 3 amide bonds. The predicted octanol–water partition coefficient (Wildman–Crippen LogP) is 5.98. The van der Waals surface area contributed by atoms with Crippen LogP contribution in [0.2, 0.25) is 0 Å². The molecule has 0 radical (unpaired) electrons. The van der Waals surface area contributed by atoms with E-state index in [2.05, 4.69) is 5.32 Å². The fourth-order valence-corrected chi connectivity index (χ4v) is 4.63. The molecule has 7 nitrogen and oxygen atoms in total. The number of hydrogen-bond acceptors (Lipinski definition) is 5. The molecule has 37 heavy (non-hydrogen) atoms. The van der Waals surface area contributed by atoms with E-state index in [0.29, 0.717) is 36.7 Å². The number of carbonyl (C=O) groups is 2. The van der Waals surface area contributed by atoms with Crippen LogP contribution in [0, 0.1) is 6.92 Å². The van der Waals surface area contributed by atoms with Gasteiger partial charge in [-0.2, -0.15) is 0 Å². The average Bonchev–Trinajstić information content (AvgIpc) is 3.43. The first kappa shape index (κ1) is 28.1. The molecule has 1 atom stereocenters. The van der Waals surface area contributed by atoms with E-state index in [4.69, 9.17) is 9.47 Å². The van der Waals surface area contributed by atoms with Crippen LogP contribution in [-0.2, 0) is 17.8 Å². The van der Waals surface area contributed by atoms with Gasteiger partial charge in [0.2, 0.25) is 5.91 Å². The van der Waals surface area contributed by atoms with Gasteiger partial charge in [0.1, 0.15) is 6.54 Å². The Hall–Kier alpha value is -3.52. The van der Waals surface area contributed by atoms with Crippen molar-refractivity contribution < 1.29 is 19.1 Å². The van der Waals surface area contributed by atoms with Gasteiger partial charge in [-0.05, 0) is 68.0 Å². The number of carbonyl (C=O) groups excluding carboxylic acids is 2. The second kappa shape index (κ2) is 13.7. The third-order valence-electron chi connectivity index (χ3n) is 6.39. The van der Waals surface area contributed by atoms with Gasteiger partial charge in [-0.15, -0.1) is 11.3 Å². The molecule has 0 aliphatic heterocycles. The van der Waals surface area contributed by atoms with Crippen LogP contribution in [0.1, 0.15) is 36.3 Å². The summed E-state index contributed by atoms with van der Waals surface area (Å²) in [6.45, 7) is 7.00. The molecule has 1 aromatic heterocycles. The number of urea groups is 1. The van der Waals surface area contributed by atoms with Gasteiger partial charge in [-0.25, -0.2) is 4.79 Å². The van der Waals surface area contributed by atoms with E-state index in [0.717, 1.165) is 22.4 Å². The number of thiophene rings is 1. The molecule has 1 unspecified atom stereocenters. The summed E-state index contributed by atoms with van der Waals surface area (Å²) >= 11 is 1.62. The predicted molar refractivity (Wildman–Crippen MR) is 150 cm³/mol. The lowest BCUT2D eigenvalue weighted by atomic mass is 10.1. The van der Waals surface area contributed by atoms with Gasteiger partial charge in [0.15, 0.2) is 11.5 Å². The van der Waals surface area contributed by atoms with E-state index < -0.39 is 0 Å². The molecule has 0 saturated carbocycles. The zero-order chi connectivity index (χ0) is 26.8. The number of rotatable bonds is 12. The van der Waals surface area contributed by atoms with E-state index in [1.165, 1.54) is 0 Å². The molecule has 0 aliphatic carbocycles. The Bertz CT molecular complexity index is 1150. The molecule has 3 rings (SSSR count). The zero-order valence-corrected chi connectivity index (χ0v) is 23.1. The van der Waals surface area contributed by atoms with Crippen molar-refractivity contribution in [3.63, 3.8) is 0 Å². The summed E-state index contributed by atoms with van der Waals surface area (Å²) in [5, 5.41) is 4.95. The Labute approximate surface area is 224 Å². The van der Waals surface area contributed by atoms with Crippen molar-refractivity contribution in [3.05, 3.63) is 76.0 Å². The Kier molecular flexibility index (Phi) is 10.4. The Morgan fingerprint density at radius 1 is 1.03 bits per heavy atom. The fraction of sp³-hybridized carbons (Fsp3) is 0.379. The second-order valence-electron chi connectivity index (χ2n) is 9.02. The van der Waals surface area contributed by atoms with Gasteiger partial charge in [0.05, 0.1) is 20.8 Å². The van der Waals surface area contributed by atoms with Crippen molar-refractivity contribution >= 4 is 29.0 Å². The molecular weight excluding hydrogens is 486 g/mol. The van der Waals surface area contributed by atoms with Crippen molar-refractivity contribution in [2.45, 2.75) is 46.2 Å². The molecule has 1 N–H and O–H groups in total. The number of anilines is 1. The summed E-state index contributed by atoms with van der Waals surface area (Å²) in [4.78, 5) is 31.4. The highest BCUT2D eigenvalue weighted by molar-refractivity contribution is 7.09. The lowest BCUT2D eigenvalue weighted by Gasteiger charge is -2.31. The average molecular weight is 524 g/mol. The number of nitrogens with one attached hydrogen (secondary N) is 1. The summed E-state index contributed by atoms with van der Waals surface area (Å²) in [5.74, 6) is 1.24. The minimum atomic E-state index is -0.275. The number of methoxy groups -OCH3 is 2. The Morgan fingerprint density at radius 2 is 1.76 bits per heavy atom.